The maximum Gasteiger partial charge on any atom is 0.270 e. The van der Waals surface area contributed by atoms with Crippen molar-refractivity contribution in [3.05, 3.63) is 107 Å². The van der Waals surface area contributed by atoms with E-state index in [-0.39, 0.29) is 18.1 Å². The number of carbonyl (C=O) groups excluding carboxylic acids is 1. The van der Waals surface area contributed by atoms with E-state index in [0.717, 1.165) is 5.69 Å². The Kier molecular flexibility index (Phi) is 5.70. The number of hydrogen-bond acceptors (Lipinski definition) is 5. The van der Waals surface area contributed by atoms with Crippen molar-refractivity contribution in [3.8, 4) is 16.9 Å². The Bertz CT molecular complexity index is 1230. The number of rotatable bonds is 7. The number of non-ortho nitro benzene ring substituents is 1. The summed E-state index contributed by atoms with van der Waals surface area (Å²) in [6, 6.07) is 19.2. The summed E-state index contributed by atoms with van der Waals surface area (Å²) < 4.78 is 6.87. The summed E-state index contributed by atoms with van der Waals surface area (Å²) in [5.74, 6) is 0.352. The molecular formula is C23H18N4O4. The molecule has 0 saturated carbocycles. The van der Waals surface area contributed by atoms with E-state index in [1.807, 2.05) is 30.3 Å². The number of benzene rings is 2. The van der Waals surface area contributed by atoms with Gasteiger partial charge in [-0.05, 0) is 30.3 Å². The minimum Gasteiger partial charge on any atom is -0.467 e. The first kappa shape index (κ1) is 19.8. The summed E-state index contributed by atoms with van der Waals surface area (Å²) in [5.41, 5.74) is 2.56. The van der Waals surface area contributed by atoms with Crippen LogP contribution in [0.15, 0.2) is 89.7 Å². The van der Waals surface area contributed by atoms with E-state index in [9.17, 15) is 14.9 Å². The molecule has 4 rings (SSSR count). The van der Waals surface area contributed by atoms with Crippen LogP contribution >= 0.6 is 0 Å². The second-order valence-corrected chi connectivity index (χ2v) is 6.65. The molecule has 0 aliphatic rings. The van der Waals surface area contributed by atoms with Gasteiger partial charge in [0, 0.05) is 35.5 Å². The van der Waals surface area contributed by atoms with E-state index in [0.29, 0.717) is 22.6 Å². The van der Waals surface area contributed by atoms with E-state index >= 15 is 0 Å². The zero-order valence-electron chi connectivity index (χ0n) is 16.3. The second kappa shape index (κ2) is 8.91. The van der Waals surface area contributed by atoms with E-state index in [4.69, 9.17) is 4.42 Å². The fourth-order valence-electron chi connectivity index (χ4n) is 3.03. The fourth-order valence-corrected chi connectivity index (χ4v) is 3.03. The van der Waals surface area contributed by atoms with E-state index < -0.39 is 4.92 Å². The van der Waals surface area contributed by atoms with E-state index in [1.165, 1.54) is 18.2 Å². The lowest BCUT2D eigenvalue weighted by atomic mass is 10.1. The predicted molar refractivity (Wildman–Crippen MR) is 115 cm³/mol. The smallest absolute Gasteiger partial charge is 0.270 e. The summed E-state index contributed by atoms with van der Waals surface area (Å²) in [4.78, 5) is 23.0. The van der Waals surface area contributed by atoms with Gasteiger partial charge in [0.2, 0.25) is 5.91 Å². The van der Waals surface area contributed by atoms with Crippen LogP contribution in [0.3, 0.4) is 0 Å². The van der Waals surface area contributed by atoms with Crippen LogP contribution in [0, 0.1) is 10.1 Å². The lowest BCUT2D eigenvalue weighted by molar-refractivity contribution is -0.384. The lowest BCUT2D eigenvalue weighted by Crippen LogP contribution is -2.19. The highest BCUT2D eigenvalue weighted by Gasteiger charge is 2.14. The van der Waals surface area contributed by atoms with Crippen molar-refractivity contribution in [1.29, 1.82) is 0 Å². The molecule has 2 aromatic heterocycles. The van der Waals surface area contributed by atoms with Crippen molar-refractivity contribution in [2.24, 2.45) is 0 Å². The maximum atomic E-state index is 12.2. The van der Waals surface area contributed by atoms with E-state index in [1.54, 1.807) is 47.5 Å². The molecule has 8 heteroatoms. The first-order chi connectivity index (χ1) is 15.1. The minimum absolute atomic E-state index is 0.0297. The zero-order chi connectivity index (χ0) is 21.6. The second-order valence-electron chi connectivity index (χ2n) is 6.65. The number of nitrogens with one attached hydrogen (secondary N) is 1. The number of furan rings is 1. The summed E-state index contributed by atoms with van der Waals surface area (Å²) >= 11 is 0. The molecule has 0 atom stereocenters. The van der Waals surface area contributed by atoms with Gasteiger partial charge in [-0.2, -0.15) is 5.10 Å². The van der Waals surface area contributed by atoms with Crippen LogP contribution in [0.1, 0.15) is 11.3 Å². The van der Waals surface area contributed by atoms with Gasteiger partial charge in [-0.15, -0.1) is 0 Å². The standard InChI is InChI=1S/C23H18N4O4/c28-22(24-15-21-10-5-13-31-21)12-11-18-16-26(19-7-2-1-3-8-19)25-23(18)17-6-4-9-20(14-17)27(29)30/h1-14,16H,15H2,(H,24,28)/b12-11+. The topological polar surface area (TPSA) is 103 Å². The van der Waals surface area contributed by atoms with Crippen molar-refractivity contribution in [2.75, 3.05) is 0 Å². The Hall–Kier alpha value is -4.46. The molecule has 1 N–H and O–H groups in total. The number of nitro groups is 1. The van der Waals surface area contributed by atoms with Crippen LogP contribution in [-0.4, -0.2) is 20.6 Å². The van der Waals surface area contributed by atoms with E-state index in [2.05, 4.69) is 10.4 Å². The maximum absolute atomic E-state index is 12.2. The van der Waals surface area contributed by atoms with Gasteiger partial charge in [-0.1, -0.05) is 30.3 Å². The Morgan fingerprint density at radius 2 is 1.97 bits per heavy atom. The van der Waals surface area contributed by atoms with Gasteiger partial charge in [0.05, 0.1) is 23.4 Å². The highest BCUT2D eigenvalue weighted by Crippen LogP contribution is 2.27. The van der Waals surface area contributed by atoms with Crippen molar-refractivity contribution in [3.63, 3.8) is 0 Å². The Balaban J connectivity index is 1.65. The van der Waals surface area contributed by atoms with Gasteiger partial charge in [-0.3, -0.25) is 14.9 Å². The van der Waals surface area contributed by atoms with Gasteiger partial charge in [0.25, 0.3) is 5.69 Å². The number of hydrogen-bond donors (Lipinski definition) is 1. The van der Waals surface area contributed by atoms with Crippen LogP contribution in [0.25, 0.3) is 23.0 Å². The molecule has 0 saturated heterocycles. The van der Waals surface area contributed by atoms with Crippen molar-refractivity contribution in [2.45, 2.75) is 6.54 Å². The summed E-state index contributed by atoms with van der Waals surface area (Å²) in [7, 11) is 0. The molecule has 0 radical (unpaired) electrons. The van der Waals surface area contributed by atoms with Gasteiger partial charge in [0.15, 0.2) is 0 Å². The molecule has 31 heavy (non-hydrogen) atoms. The number of nitrogens with zero attached hydrogens (tertiary/aromatic N) is 3. The molecule has 0 fully saturated rings. The number of amides is 1. The van der Waals surface area contributed by atoms with Gasteiger partial charge >= 0.3 is 0 Å². The van der Waals surface area contributed by atoms with Crippen LogP contribution < -0.4 is 5.32 Å². The normalized spacial score (nSPS) is 11.0. The first-order valence-corrected chi connectivity index (χ1v) is 9.48. The van der Waals surface area contributed by atoms with Crippen molar-refractivity contribution < 1.29 is 14.1 Å². The molecular weight excluding hydrogens is 396 g/mol. The average Bonchev–Trinajstić information content (AvgIpc) is 3.47. The largest absolute Gasteiger partial charge is 0.467 e. The lowest BCUT2D eigenvalue weighted by Gasteiger charge is -2.01. The van der Waals surface area contributed by atoms with Crippen LogP contribution in [0.2, 0.25) is 0 Å². The molecule has 0 aliphatic carbocycles. The molecule has 2 aromatic carbocycles. The minimum atomic E-state index is -0.449. The number of para-hydroxylation sites is 1. The summed E-state index contributed by atoms with van der Waals surface area (Å²) in [6.07, 6.45) is 6.36. The van der Waals surface area contributed by atoms with Gasteiger partial charge in [0.1, 0.15) is 11.5 Å². The third-order valence-corrected chi connectivity index (χ3v) is 4.52. The third kappa shape index (κ3) is 4.76. The number of carbonyl (C=O) groups is 1. The SMILES string of the molecule is O=C(/C=C/c1cn(-c2ccccc2)nc1-c1cccc([N+](=O)[O-])c1)NCc1ccco1. The molecule has 0 bridgehead atoms. The Labute approximate surface area is 177 Å². The quantitative estimate of drug-likeness (QED) is 0.275. The van der Waals surface area contributed by atoms with Gasteiger partial charge in [-0.25, -0.2) is 4.68 Å². The van der Waals surface area contributed by atoms with Crippen molar-refractivity contribution in [1.82, 2.24) is 15.1 Å². The molecule has 4 aromatic rings. The molecule has 0 aliphatic heterocycles. The molecule has 8 nitrogen and oxygen atoms in total. The Morgan fingerprint density at radius 1 is 1.13 bits per heavy atom. The molecule has 1 amide bonds. The highest BCUT2D eigenvalue weighted by molar-refractivity contribution is 5.92. The third-order valence-electron chi connectivity index (χ3n) is 4.52. The first-order valence-electron chi connectivity index (χ1n) is 9.48. The summed E-state index contributed by atoms with van der Waals surface area (Å²) in [5, 5.41) is 18.5. The zero-order valence-corrected chi connectivity index (χ0v) is 16.3. The van der Waals surface area contributed by atoms with Crippen LogP contribution in [0.5, 0.6) is 0 Å². The molecule has 154 valence electrons. The van der Waals surface area contributed by atoms with Crippen LogP contribution in [-0.2, 0) is 11.3 Å². The summed E-state index contributed by atoms with van der Waals surface area (Å²) in [6.45, 7) is 0.275. The highest BCUT2D eigenvalue weighted by atomic mass is 16.6. The number of nitro benzene ring substituents is 1. The van der Waals surface area contributed by atoms with Crippen molar-refractivity contribution >= 4 is 17.7 Å². The van der Waals surface area contributed by atoms with Gasteiger partial charge < -0.3 is 9.73 Å². The predicted octanol–water partition coefficient (Wildman–Crippen LogP) is 4.37. The molecule has 0 spiro atoms. The fraction of sp³-hybridized carbons (Fsp3) is 0.0435. The number of aromatic nitrogens is 2. The molecule has 2 heterocycles. The Morgan fingerprint density at radius 3 is 2.71 bits per heavy atom. The monoisotopic (exact) mass is 414 g/mol. The van der Waals surface area contributed by atoms with Crippen LogP contribution in [0.4, 0.5) is 5.69 Å². The molecule has 0 unspecified atom stereocenters. The average molecular weight is 414 g/mol.